The Labute approximate surface area is 155 Å². The van der Waals surface area contributed by atoms with Gasteiger partial charge in [-0.05, 0) is 31.0 Å². The van der Waals surface area contributed by atoms with Crippen LogP contribution in [0.1, 0.15) is 59.1 Å². The molecule has 0 atom stereocenters. The lowest BCUT2D eigenvalue weighted by Gasteiger charge is -2.28. The Balaban J connectivity index is 1.63. The quantitative estimate of drug-likeness (QED) is 0.879. The van der Waals surface area contributed by atoms with E-state index in [0.717, 1.165) is 17.8 Å². The van der Waals surface area contributed by atoms with Crippen LogP contribution < -0.4 is 10.2 Å². The van der Waals surface area contributed by atoms with Crippen LogP contribution in [0.15, 0.2) is 23.6 Å². The monoisotopic (exact) mass is 366 g/mol. The summed E-state index contributed by atoms with van der Waals surface area (Å²) in [5.41, 5.74) is 1.90. The first-order valence-corrected chi connectivity index (χ1v) is 9.65. The van der Waals surface area contributed by atoms with Gasteiger partial charge in [-0.25, -0.2) is 4.98 Å². The van der Waals surface area contributed by atoms with E-state index in [0.29, 0.717) is 28.6 Å². The SMILES string of the molecule is N#Cc1ccc2c(c1)N(C(=O)c1csc(C3CCCCC3)n1)CC(=O)N2. The van der Waals surface area contributed by atoms with Crippen LogP contribution in [-0.4, -0.2) is 23.3 Å². The molecule has 2 heterocycles. The maximum absolute atomic E-state index is 13.0. The molecule has 1 aromatic carbocycles. The number of rotatable bonds is 2. The Bertz CT molecular complexity index is 909. The number of carbonyl (C=O) groups excluding carboxylic acids is 2. The fourth-order valence-electron chi connectivity index (χ4n) is 3.59. The number of anilines is 2. The molecule has 1 aliphatic carbocycles. The molecule has 7 heteroatoms. The molecule has 2 amide bonds. The second-order valence-electron chi connectivity index (χ2n) is 6.69. The molecular weight excluding hydrogens is 348 g/mol. The highest BCUT2D eigenvalue weighted by molar-refractivity contribution is 7.10. The Morgan fingerprint density at radius 2 is 2.12 bits per heavy atom. The van der Waals surface area contributed by atoms with Gasteiger partial charge in [-0.15, -0.1) is 11.3 Å². The van der Waals surface area contributed by atoms with E-state index >= 15 is 0 Å². The van der Waals surface area contributed by atoms with Gasteiger partial charge in [-0.1, -0.05) is 19.3 Å². The molecule has 0 saturated heterocycles. The third-order valence-corrected chi connectivity index (χ3v) is 5.94. The van der Waals surface area contributed by atoms with Crippen molar-refractivity contribution in [3.63, 3.8) is 0 Å². The molecule has 2 aliphatic rings. The van der Waals surface area contributed by atoms with Crippen LogP contribution in [0.3, 0.4) is 0 Å². The van der Waals surface area contributed by atoms with Gasteiger partial charge in [0.05, 0.1) is 28.0 Å². The summed E-state index contributed by atoms with van der Waals surface area (Å²) in [5, 5.41) is 14.7. The molecule has 1 N–H and O–H groups in total. The molecule has 1 saturated carbocycles. The number of hydrogen-bond acceptors (Lipinski definition) is 5. The third-order valence-electron chi connectivity index (χ3n) is 4.93. The molecule has 4 rings (SSSR count). The molecule has 0 spiro atoms. The van der Waals surface area contributed by atoms with Gasteiger partial charge in [0.15, 0.2) is 0 Å². The van der Waals surface area contributed by atoms with E-state index in [1.165, 1.54) is 35.5 Å². The minimum absolute atomic E-state index is 0.0724. The predicted molar refractivity (Wildman–Crippen MR) is 99.4 cm³/mol. The second-order valence-corrected chi connectivity index (χ2v) is 7.58. The smallest absolute Gasteiger partial charge is 0.278 e. The van der Waals surface area contributed by atoms with Crippen molar-refractivity contribution in [2.75, 3.05) is 16.8 Å². The van der Waals surface area contributed by atoms with E-state index in [9.17, 15) is 9.59 Å². The van der Waals surface area contributed by atoms with Gasteiger partial charge in [0.2, 0.25) is 5.91 Å². The summed E-state index contributed by atoms with van der Waals surface area (Å²) >= 11 is 1.53. The van der Waals surface area contributed by atoms with Crippen molar-refractivity contribution in [1.29, 1.82) is 5.26 Å². The topological polar surface area (TPSA) is 86.1 Å². The average molecular weight is 366 g/mol. The van der Waals surface area contributed by atoms with E-state index in [1.807, 2.05) is 0 Å². The first-order chi connectivity index (χ1) is 12.7. The van der Waals surface area contributed by atoms with Gasteiger partial charge in [-0.3, -0.25) is 14.5 Å². The Hall–Kier alpha value is -2.72. The summed E-state index contributed by atoms with van der Waals surface area (Å²) in [6, 6.07) is 6.97. The highest BCUT2D eigenvalue weighted by Crippen LogP contribution is 2.35. The van der Waals surface area contributed by atoms with Crippen LogP contribution in [-0.2, 0) is 4.79 Å². The Kier molecular flexibility index (Phi) is 4.43. The van der Waals surface area contributed by atoms with Gasteiger partial charge in [0.25, 0.3) is 5.91 Å². The minimum Gasteiger partial charge on any atom is -0.323 e. The number of amides is 2. The van der Waals surface area contributed by atoms with Crippen LogP contribution in [0, 0.1) is 11.3 Å². The van der Waals surface area contributed by atoms with Gasteiger partial charge < -0.3 is 5.32 Å². The maximum atomic E-state index is 13.0. The predicted octanol–water partition coefficient (Wildman–Crippen LogP) is 3.66. The number of nitrogens with zero attached hydrogens (tertiary/aromatic N) is 3. The molecule has 0 radical (unpaired) electrons. The molecule has 0 unspecified atom stereocenters. The highest BCUT2D eigenvalue weighted by atomic mass is 32.1. The van der Waals surface area contributed by atoms with Gasteiger partial charge in [-0.2, -0.15) is 5.26 Å². The van der Waals surface area contributed by atoms with Crippen LogP contribution in [0.5, 0.6) is 0 Å². The molecule has 6 nitrogen and oxygen atoms in total. The van der Waals surface area contributed by atoms with Gasteiger partial charge >= 0.3 is 0 Å². The largest absolute Gasteiger partial charge is 0.323 e. The molecule has 26 heavy (non-hydrogen) atoms. The van der Waals surface area contributed by atoms with E-state index in [1.54, 1.807) is 23.6 Å². The zero-order chi connectivity index (χ0) is 18.1. The van der Waals surface area contributed by atoms with Crippen molar-refractivity contribution in [2.45, 2.75) is 38.0 Å². The molecule has 1 fully saturated rings. The van der Waals surface area contributed by atoms with Crippen molar-refractivity contribution < 1.29 is 9.59 Å². The summed E-state index contributed by atoms with van der Waals surface area (Å²) in [5.74, 6) is -0.106. The van der Waals surface area contributed by atoms with E-state index in [-0.39, 0.29) is 18.4 Å². The standard InChI is InChI=1S/C19H18N4O2S/c20-9-12-6-7-14-16(8-12)23(10-17(24)21-14)19(25)15-11-26-18(22-15)13-4-2-1-3-5-13/h6-8,11,13H,1-5,10H2,(H,21,24). The first kappa shape index (κ1) is 16.7. The van der Waals surface area contributed by atoms with E-state index in [4.69, 9.17) is 5.26 Å². The lowest BCUT2D eigenvalue weighted by Crippen LogP contribution is -2.42. The number of thiazole rings is 1. The molecule has 132 valence electrons. The average Bonchev–Trinajstić information content (AvgIpc) is 3.17. The number of fused-ring (bicyclic) bond motifs is 1. The second kappa shape index (κ2) is 6.89. The maximum Gasteiger partial charge on any atom is 0.278 e. The summed E-state index contributed by atoms with van der Waals surface area (Å²) in [6.07, 6.45) is 5.95. The highest BCUT2D eigenvalue weighted by Gasteiger charge is 2.30. The first-order valence-electron chi connectivity index (χ1n) is 8.77. The minimum atomic E-state index is -0.297. The number of hydrogen-bond donors (Lipinski definition) is 1. The number of benzene rings is 1. The fourth-order valence-corrected chi connectivity index (χ4v) is 4.56. The number of nitriles is 1. The lowest BCUT2D eigenvalue weighted by atomic mass is 9.90. The normalized spacial score (nSPS) is 17.3. The number of aromatic nitrogens is 1. The van der Waals surface area contributed by atoms with Crippen LogP contribution >= 0.6 is 11.3 Å². The van der Waals surface area contributed by atoms with E-state index in [2.05, 4.69) is 16.4 Å². The fraction of sp³-hybridized carbons (Fsp3) is 0.368. The van der Waals surface area contributed by atoms with Crippen LogP contribution in [0.2, 0.25) is 0 Å². The molecule has 1 aromatic heterocycles. The summed E-state index contributed by atoms with van der Waals surface area (Å²) in [4.78, 5) is 31.0. The van der Waals surface area contributed by atoms with Crippen molar-refractivity contribution in [3.8, 4) is 6.07 Å². The molecule has 1 aliphatic heterocycles. The summed E-state index contributed by atoms with van der Waals surface area (Å²) < 4.78 is 0. The third kappa shape index (κ3) is 3.08. The van der Waals surface area contributed by atoms with Crippen LogP contribution in [0.4, 0.5) is 11.4 Å². The zero-order valence-electron chi connectivity index (χ0n) is 14.2. The summed E-state index contributed by atoms with van der Waals surface area (Å²) in [7, 11) is 0. The molecule has 0 bridgehead atoms. The number of carbonyl (C=O) groups is 2. The van der Waals surface area contributed by atoms with Gasteiger partial charge in [0.1, 0.15) is 12.2 Å². The number of nitrogens with one attached hydrogen (secondary N) is 1. The van der Waals surface area contributed by atoms with Crippen molar-refractivity contribution in [1.82, 2.24) is 4.98 Å². The zero-order valence-corrected chi connectivity index (χ0v) is 15.0. The van der Waals surface area contributed by atoms with E-state index < -0.39 is 0 Å². The van der Waals surface area contributed by atoms with Crippen LogP contribution in [0.25, 0.3) is 0 Å². The molecule has 2 aromatic rings. The summed E-state index contributed by atoms with van der Waals surface area (Å²) in [6.45, 7) is -0.0724. The van der Waals surface area contributed by atoms with Crippen molar-refractivity contribution >= 4 is 34.5 Å². The van der Waals surface area contributed by atoms with Crippen molar-refractivity contribution in [2.24, 2.45) is 0 Å². The molecular formula is C19H18N4O2S. The Morgan fingerprint density at radius 3 is 2.88 bits per heavy atom. The van der Waals surface area contributed by atoms with Gasteiger partial charge in [0, 0.05) is 11.3 Å². The van der Waals surface area contributed by atoms with Crippen molar-refractivity contribution in [3.05, 3.63) is 39.8 Å². The lowest BCUT2D eigenvalue weighted by molar-refractivity contribution is -0.115. The Morgan fingerprint density at radius 1 is 1.31 bits per heavy atom.